The van der Waals surface area contributed by atoms with Crippen LogP contribution in [0.2, 0.25) is 0 Å². The predicted octanol–water partition coefficient (Wildman–Crippen LogP) is 0.703. The van der Waals surface area contributed by atoms with Crippen molar-refractivity contribution in [3.8, 4) is 5.75 Å². The van der Waals surface area contributed by atoms with E-state index in [1.165, 1.54) is 24.3 Å². The molecule has 0 bridgehead atoms. The van der Waals surface area contributed by atoms with E-state index in [1.807, 2.05) is 0 Å². The van der Waals surface area contributed by atoms with Crippen molar-refractivity contribution in [3.05, 3.63) is 35.4 Å². The fraction of sp³-hybridized carbons (Fsp3) is 0. The molecule has 0 aromatic heterocycles. The molecule has 0 fully saturated rings. The number of hydrogen-bond donors (Lipinski definition) is 2. The van der Waals surface area contributed by atoms with Crippen molar-refractivity contribution in [2.24, 2.45) is 5.73 Å². The summed E-state index contributed by atoms with van der Waals surface area (Å²) in [6.07, 6.45) is 3.17. The van der Waals surface area contributed by atoms with Crippen LogP contribution in [0, 0.1) is 0 Å². The zero-order chi connectivity index (χ0) is 10.6. The van der Waals surface area contributed by atoms with Crippen LogP contribution in [0.1, 0.15) is 15.9 Å². The molecule has 0 spiro atoms. The fourth-order valence-corrected chi connectivity index (χ4v) is 0.988. The van der Waals surface area contributed by atoms with E-state index in [4.69, 9.17) is 10.8 Å². The molecule has 1 aromatic carbocycles. The van der Waals surface area contributed by atoms with Crippen LogP contribution in [-0.2, 0) is 4.79 Å². The lowest BCUT2D eigenvalue weighted by molar-refractivity contribution is -0.113. The molecule has 14 heavy (non-hydrogen) atoms. The number of amides is 1. The Morgan fingerprint density at radius 2 is 2.07 bits per heavy atom. The van der Waals surface area contributed by atoms with Gasteiger partial charge in [-0.3, -0.25) is 9.59 Å². The Labute approximate surface area is 80.7 Å². The van der Waals surface area contributed by atoms with Crippen LogP contribution >= 0.6 is 0 Å². The summed E-state index contributed by atoms with van der Waals surface area (Å²) in [6, 6.07) is 4.26. The Hall–Kier alpha value is -2.10. The number of hydrogen-bond acceptors (Lipinski definition) is 3. The summed E-state index contributed by atoms with van der Waals surface area (Å²) < 4.78 is 0. The molecule has 3 N–H and O–H groups in total. The number of phenolic OH excluding ortho intramolecular Hbond substituents is 1. The van der Waals surface area contributed by atoms with Gasteiger partial charge in [-0.15, -0.1) is 0 Å². The van der Waals surface area contributed by atoms with Crippen LogP contribution in [0.4, 0.5) is 0 Å². The van der Waals surface area contributed by atoms with Crippen molar-refractivity contribution in [2.75, 3.05) is 0 Å². The monoisotopic (exact) mass is 191 g/mol. The second-order valence-electron chi connectivity index (χ2n) is 2.67. The van der Waals surface area contributed by atoms with Gasteiger partial charge in [-0.1, -0.05) is 6.07 Å². The van der Waals surface area contributed by atoms with Crippen LogP contribution in [0.25, 0.3) is 6.08 Å². The number of carbonyl (C=O) groups excluding carboxylic acids is 2. The number of primary amides is 1. The maximum Gasteiger partial charge on any atom is 0.241 e. The van der Waals surface area contributed by atoms with Gasteiger partial charge in [0.05, 0.1) is 0 Å². The Morgan fingerprint density at radius 3 is 2.64 bits per heavy atom. The topological polar surface area (TPSA) is 80.4 Å². The van der Waals surface area contributed by atoms with Crippen LogP contribution < -0.4 is 5.73 Å². The molecule has 0 aliphatic rings. The first-order chi connectivity index (χ1) is 6.63. The van der Waals surface area contributed by atoms with Crippen LogP contribution in [0.15, 0.2) is 24.3 Å². The molecule has 1 rings (SSSR count). The Kier molecular flexibility index (Phi) is 3.01. The first-order valence-electron chi connectivity index (χ1n) is 3.89. The highest BCUT2D eigenvalue weighted by atomic mass is 16.3. The van der Waals surface area contributed by atoms with Crippen LogP contribution in [-0.4, -0.2) is 17.3 Å². The lowest BCUT2D eigenvalue weighted by Crippen LogP contribution is -2.05. The van der Waals surface area contributed by atoms with Gasteiger partial charge in [0.2, 0.25) is 5.91 Å². The minimum atomic E-state index is -0.588. The van der Waals surface area contributed by atoms with Crippen LogP contribution in [0.3, 0.4) is 0 Å². The van der Waals surface area contributed by atoms with Gasteiger partial charge in [0, 0.05) is 11.6 Å². The van der Waals surface area contributed by atoms with Crippen molar-refractivity contribution in [3.63, 3.8) is 0 Å². The van der Waals surface area contributed by atoms with Gasteiger partial charge in [-0.2, -0.15) is 0 Å². The van der Waals surface area contributed by atoms with E-state index in [1.54, 1.807) is 0 Å². The van der Waals surface area contributed by atoms with Gasteiger partial charge in [0.1, 0.15) is 5.75 Å². The summed E-state index contributed by atoms with van der Waals surface area (Å²) in [5.74, 6) is -0.585. The largest absolute Gasteiger partial charge is 0.508 e. The third-order valence-corrected chi connectivity index (χ3v) is 1.62. The summed E-state index contributed by atoms with van der Waals surface area (Å²) in [7, 11) is 0. The van der Waals surface area contributed by atoms with Crippen molar-refractivity contribution in [1.82, 2.24) is 0 Å². The number of carbonyl (C=O) groups is 2. The van der Waals surface area contributed by atoms with E-state index in [0.717, 1.165) is 6.08 Å². The van der Waals surface area contributed by atoms with E-state index in [-0.39, 0.29) is 5.75 Å². The smallest absolute Gasteiger partial charge is 0.241 e. The number of aldehydes is 1. The predicted molar refractivity (Wildman–Crippen MR) is 51.7 cm³/mol. The molecule has 0 saturated carbocycles. The Balaban J connectivity index is 3.08. The summed E-state index contributed by atoms with van der Waals surface area (Å²) in [6.45, 7) is 0. The standard InChI is InChI=1S/C10H9NO3/c11-10(14)4-2-7-1-3-9(13)5-8(7)6-12/h1-6,13H,(H2,11,14). The van der Waals surface area contributed by atoms with E-state index in [9.17, 15) is 9.59 Å². The Morgan fingerprint density at radius 1 is 1.36 bits per heavy atom. The second kappa shape index (κ2) is 4.23. The number of phenols is 1. The van der Waals surface area contributed by atoms with Gasteiger partial charge in [0.15, 0.2) is 6.29 Å². The number of nitrogens with two attached hydrogens (primary N) is 1. The van der Waals surface area contributed by atoms with Crippen molar-refractivity contribution >= 4 is 18.3 Å². The molecule has 0 saturated heterocycles. The number of rotatable bonds is 3. The number of aromatic hydroxyl groups is 1. The normalized spacial score (nSPS) is 10.3. The maximum absolute atomic E-state index is 10.6. The van der Waals surface area contributed by atoms with Crippen molar-refractivity contribution < 1.29 is 14.7 Å². The minimum Gasteiger partial charge on any atom is -0.508 e. The average molecular weight is 191 g/mol. The van der Waals surface area contributed by atoms with Gasteiger partial charge < -0.3 is 10.8 Å². The molecule has 4 heteroatoms. The summed E-state index contributed by atoms with van der Waals surface area (Å²) in [4.78, 5) is 21.0. The first-order valence-corrected chi connectivity index (χ1v) is 3.89. The second-order valence-corrected chi connectivity index (χ2v) is 2.67. The van der Waals surface area contributed by atoms with Crippen molar-refractivity contribution in [2.45, 2.75) is 0 Å². The SMILES string of the molecule is NC(=O)C=Cc1ccc(O)cc1C=O. The molecule has 0 unspecified atom stereocenters. The summed E-state index contributed by atoms with van der Waals surface area (Å²) in [5.41, 5.74) is 5.74. The molecule has 1 aromatic rings. The highest BCUT2D eigenvalue weighted by molar-refractivity contribution is 5.92. The van der Waals surface area contributed by atoms with E-state index < -0.39 is 5.91 Å². The van der Waals surface area contributed by atoms with Gasteiger partial charge in [0.25, 0.3) is 0 Å². The molecule has 1 amide bonds. The molecule has 4 nitrogen and oxygen atoms in total. The molecule has 72 valence electrons. The molecule has 0 aliphatic carbocycles. The fourth-order valence-electron chi connectivity index (χ4n) is 0.988. The minimum absolute atomic E-state index is 0.00308. The third kappa shape index (κ3) is 2.45. The van der Waals surface area contributed by atoms with Gasteiger partial charge in [-0.05, 0) is 23.8 Å². The van der Waals surface area contributed by atoms with E-state index in [0.29, 0.717) is 17.4 Å². The molecule has 0 radical (unpaired) electrons. The highest BCUT2D eigenvalue weighted by Crippen LogP contribution is 2.16. The lowest BCUT2D eigenvalue weighted by Gasteiger charge is -1.98. The summed E-state index contributed by atoms with van der Waals surface area (Å²) in [5, 5.41) is 9.07. The zero-order valence-corrected chi connectivity index (χ0v) is 7.31. The van der Waals surface area contributed by atoms with Crippen molar-refractivity contribution in [1.29, 1.82) is 0 Å². The molecular formula is C10H9NO3. The molecule has 0 atom stereocenters. The van der Waals surface area contributed by atoms with Gasteiger partial charge in [-0.25, -0.2) is 0 Å². The molecular weight excluding hydrogens is 182 g/mol. The van der Waals surface area contributed by atoms with Gasteiger partial charge >= 0.3 is 0 Å². The molecule has 0 aliphatic heterocycles. The third-order valence-electron chi connectivity index (χ3n) is 1.62. The quantitative estimate of drug-likeness (QED) is 0.545. The van der Waals surface area contributed by atoms with E-state index >= 15 is 0 Å². The lowest BCUT2D eigenvalue weighted by atomic mass is 10.1. The maximum atomic E-state index is 10.6. The first kappa shape index (κ1) is 9.98. The zero-order valence-electron chi connectivity index (χ0n) is 7.31. The number of benzene rings is 1. The van der Waals surface area contributed by atoms with E-state index in [2.05, 4.69) is 0 Å². The average Bonchev–Trinajstić information content (AvgIpc) is 2.15. The highest BCUT2D eigenvalue weighted by Gasteiger charge is 1.99. The van der Waals surface area contributed by atoms with Crippen LogP contribution in [0.5, 0.6) is 5.75 Å². The Bertz CT molecular complexity index is 396. The molecule has 0 heterocycles. The summed E-state index contributed by atoms with van der Waals surface area (Å²) >= 11 is 0.